The minimum absolute atomic E-state index is 0.140. The molecule has 1 spiro atoms. The molecule has 3 heterocycles. The van der Waals surface area contributed by atoms with E-state index in [0.29, 0.717) is 12.3 Å². The van der Waals surface area contributed by atoms with E-state index in [1.807, 2.05) is 19.1 Å². The number of amides is 1. The third-order valence-corrected chi connectivity index (χ3v) is 6.66. The van der Waals surface area contributed by atoms with Crippen molar-refractivity contribution >= 4 is 23.0 Å². The molecule has 1 saturated heterocycles. The van der Waals surface area contributed by atoms with Gasteiger partial charge in [0.25, 0.3) is 5.91 Å². The van der Waals surface area contributed by atoms with Crippen LogP contribution in [0.25, 0.3) is 17.0 Å². The first-order valence-electron chi connectivity index (χ1n) is 11.2. The molecule has 1 saturated carbocycles. The molecular formula is C24H30N2O4. The van der Waals surface area contributed by atoms with Gasteiger partial charge in [0, 0.05) is 36.1 Å². The van der Waals surface area contributed by atoms with Crippen LogP contribution in [0.4, 0.5) is 0 Å². The average Bonchev–Trinajstić information content (AvgIpc) is 3.36. The molecule has 0 bridgehead atoms. The van der Waals surface area contributed by atoms with Gasteiger partial charge in [-0.25, -0.2) is 0 Å². The summed E-state index contributed by atoms with van der Waals surface area (Å²) in [4.78, 5) is 15.1. The molecule has 0 radical (unpaired) electrons. The normalized spacial score (nSPS) is 20.4. The first kappa shape index (κ1) is 19.6. The van der Waals surface area contributed by atoms with E-state index in [-0.39, 0.29) is 11.5 Å². The van der Waals surface area contributed by atoms with Crippen LogP contribution >= 0.6 is 0 Å². The lowest BCUT2D eigenvalue weighted by atomic mass is 9.94. The van der Waals surface area contributed by atoms with Crippen LogP contribution in [-0.4, -0.2) is 55.8 Å². The largest absolute Gasteiger partial charge is 0.483 e. The van der Waals surface area contributed by atoms with Crippen LogP contribution in [0.3, 0.4) is 0 Å². The zero-order valence-electron chi connectivity index (χ0n) is 17.7. The second-order valence-corrected chi connectivity index (χ2v) is 8.68. The highest BCUT2D eigenvalue weighted by atomic mass is 16.5. The lowest BCUT2D eigenvalue weighted by Crippen LogP contribution is -2.38. The number of carbonyl (C=O) groups is 1. The molecule has 0 atom stereocenters. The number of nitrogens with zero attached hydrogens (tertiary/aromatic N) is 1. The van der Waals surface area contributed by atoms with E-state index in [2.05, 4.69) is 22.4 Å². The number of aryl methyl sites for hydroxylation is 1. The van der Waals surface area contributed by atoms with Gasteiger partial charge in [-0.1, -0.05) is 6.08 Å². The quantitative estimate of drug-likeness (QED) is 0.757. The maximum absolute atomic E-state index is 12.8. The number of hydrogen-bond acceptors (Lipinski definition) is 5. The molecule has 6 heteroatoms. The van der Waals surface area contributed by atoms with E-state index >= 15 is 0 Å². The number of ether oxygens (including phenoxy) is 2. The zero-order chi connectivity index (χ0) is 20.6. The molecule has 0 unspecified atom stereocenters. The van der Waals surface area contributed by atoms with E-state index in [0.717, 1.165) is 80.0 Å². The van der Waals surface area contributed by atoms with Crippen molar-refractivity contribution in [3.05, 3.63) is 35.1 Å². The predicted molar refractivity (Wildman–Crippen MR) is 116 cm³/mol. The summed E-state index contributed by atoms with van der Waals surface area (Å²) in [7, 11) is 0. The topological polar surface area (TPSA) is 63.9 Å². The summed E-state index contributed by atoms with van der Waals surface area (Å²) in [5.74, 6) is 1.15. The van der Waals surface area contributed by atoms with E-state index in [1.54, 1.807) is 0 Å². The van der Waals surface area contributed by atoms with Crippen LogP contribution in [-0.2, 0) is 4.74 Å². The molecule has 1 aromatic carbocycles. The molecule has 160 valence electrons. The van der Waals surface area contributed by atoms with Crippen molar-refractivity contribution in [2.75, 3.05) is 39.4 Å². The van der Waals surface area contributed by atoms with Crippen molar-refractivity contribution in [3.8, 4) is 5.75 Å². The fourth-order valence-electron chi connectivity index (χ4n) is 4.96. The fraction of sp³-hybridized carbons (Fsp3) is 0.542. The summed E-state index contributed by atoms with van der Waals surface area (Å²) < 4.78 is 17.7. The smallest absolute Gasteiger partial charge is 0.287 e. The summed E-state index contributed by atoms with van der Waals surface area (Å²) in [6.07, 6.45) is 9.86. The standard InChI is InChI=1S/C24H30N2O4/c1-17-21-18-7-10-24(8-2-3-9-24)30-19(18)5-6-20(21)29-22(17)23(27)25-11-4-12-26-13-15-28-16-14-26/h5-7,10H,2-4,8-9,11-16H2,1H3,(H,25,27). The highest BCUT2D eigenvalue weighted by Crippen LogP contribution is 2.44. The van der Waals surface area contributed by atoms with Gasteiger partial charge in [-0.3, -0.25) is 9.69 Å². The third-order valence-electron chi connectivity index (χ3n) is 6.66. The predicted octanol–water partition coefficient (Wildman–Crippen LogP) is 3.91. The molecule has 5 rings (SSSR count). The molecule has 3 aliphatic rings. The molecule has 1 N–H and O–H groups in total. The highest BCUT2D eigenvalue weighted by molar-refractivity contribution is 6.02. The van der Waals surface area contributed by atoms with Gasteiger partial charge in [0.05, 0.1) is 13.2 Å². The molecule has 1 aliphatic carbocycles. The Balaban J connectivity index is 1.29. The summed E-state index contributed by atoms with van der Waals surface area (Å²) in [6, 6.07) is 3.91. The lowest BCUT2D eigenvalue weighted by molar-refractivity contribution is 0.0374. The molecule has 2 aliphatic heterocycles. The fourth-order valence-corrected chi connectivity index (χ4v) is 4.96. The molecule has 30 heavy (non-hydrogen) atoms. The van der Waals surface area contributed by atoms with E-state index in [4.69, 9.17) is 13.9 Å². The van der Waals surface area contributed by atoms with Crippen molar-refractivity contribution in [1.82, 2.24) is 10.2 Å². The third kappa shape index (κ3) is 3.63. The van der Waals surface area contributed by atoms with Gasteiger partial charge in [-0.2, -0.15) is 0 Å². The molecule has 1 aromatic heterocycles. The van der Waals surface area contributed by atoms with Gasteiger partial charge in [-0.15, -0.1) is 0 Å². The van der Waals surface area contributed by atoms with Crippen LogP contribution in [0.5, 0.6) is 5.75 Å². The van der Waals surface area contributed by atoms with Crippen molar-refractivity contribution in [2.45, 2.75) is 44.6 Å². The molecule has 6 nitrogen and oxygen atoms in total. The number of furan rings is 1. The minimum atomic E-state index is -0.146. The Bertz CT molecular complexity index is 965. The molecular weight excluding hydrogens is 380 g/mol. The van der Waals surface area contributed by atoms with E-state index < -0.39 is 0 Å². The first-order chi connectivity index (χ1) is 14.7. The number of carbonyl (C=O) groups excluding carboxylic acids is 1. The Labute approximate surface area is 177 Å². The number of fused-ring (bicyclic) bond motifs is 3. The summed E-state index contributed by atoms with van der Waals surface area (Å²) >= 11 is 0. The zero-order valence-corrected chi connectivity index (χ0v) is 17.7. The van der Waals surface area contributed by atoms with Crippen LogP contribution < -0.4 is 10.1 Å². The van der Waals surface area contributed by atoms with Crippen LogP contribution in [0.2, 0.25) is 0 Å². The second kappa shape index (κ2) is 8.08. The van der Waals surface area contributed by atoms with Gasteiger partial charge >= 0.3 is 0 Å². The van der Waals surface area contributed by atoms with Crippen LogP contribution in [0.15, 0.2) is 22.6 Å². The summed E-state index contributed by atoms with van der Waals surface area (Å²) in [5.41, 5.74) is 2.50. The Kier molecular flexibility index (Phi) is 5.29. The summed E-state index contributed by atoms with van der Waals surface area (Å²) in [6.45, 7) is 7.11. The Morgan fingerprint density at radius 1 is 1.20 bits per heavy atom. The SMILES string of the molecule is Cc1c(C(=O)NCCCN2CCOCC2)oc2ccc3c(c12)C=CC1(CCCC1)O3. The van der Waals surface area contributed by atoms with Crippen LogP contribution in [0, 0.1) is 6.92 Å². The summed E-state index contributed by atoms with van der Waals surface area (Å²) in [5, 5.41) is 4.00. The van der Waals surface area contributed by atoms with Crippen molar-refractivity contribution in [1.29, 1.82) is 0 Å². The maximum atomic E-state index is 12.8. The van der Waals surface area contributed by atoms with Crippen LogP contribution in [0.1, 0.15) is 53.8 Å². The van der Waals surface area contributed by atoms with Gasteiger partial charge < -0.3 is 19.2 Å². The second-order valence-electron chi connectivity index (χ2n) is 8.68. The lowest BCUT2D eigenvalue weighted by Gasteiger charge is -2.31. The van der Waals surface area contributed by atoms with Crippen molar-refractivity contribution in [2.24, 2.45) is 0 Å². The van der Waals surface area contributed by atoms with Gasteiger partial charge in [-0.05, 0) is 63.8 Å². The highest BCUT2D eigenvalue weighted by Gasteiger charge is 2.36. The van der Waals surface area contributed by atoms with Gasteiger partial charge in [0.15, 0.2) is 5.76 Å². The molecule has 1 amide bonds. The number of nitrogens with one attached hydrogen (secondary N) is 1. The Morgan fingerprint density at radius 3 is 2.80 bits per heavy atom. The Morgan fingerprint density at radius 2 is 2.00 bits per heavy atom. The minimum Gasteiger partial charge on any atom is -0.483 e. The van der Waals surface area contributed by atoms with E-state index in [9.17, 15) is 4.79 Å². The number of benzene rings is 1. The number of morpholine rings is 1. The monoisotopic (exact) mass is 410 g/mol. The first-order valence-corrected chi connectivity index (χ1v) is 11.2. The maximum Gasteiger partial charge on any atom is 0.287 e. The Hall–Kier alpha value is -2.31. The molecule has 2 fully saturated rings. The average molecular weight is 411 g/mol. The number of hydrogen-bond donors (Lipinski definition) is 1. The molecule has 2 aromatic rings. The van der Waals surface area contributed by atoms with Gasteiger partial charge in [0.2, 0.25) is 0 Å². The van der Waals surface area contributed by atoms with Crippen molar-refractivity contribution in [3.63, 3.8) is 0 Å². The van der Waals surface area contributed by atoms with Crippen molar-refractivity contribution < 1.29 is 18.7 Å². The van der Waals surface area contributed by atoms with Gasteiger partial charge in [0.1, 0.15) is 16.9 Å². The number of rotatable bonds is 5. The van der Waals surface area contributed by atoms with E-state index in [1.165, 1.54) is 12.8 Å².